The Morgan fingerprint density at radius 1 is 1.41 bits per heavy atom. The smallest absolute Gasteiger partial charge is 0.287 e. The van der Waals surface area contributed by atoms with Crippen molar-refractivity contribution in [1.82, 2.24) is 0 Å². The largest absolute Gasteiger partial charge is 0.378 e. The number of rotatable bonds is 2. The fourth-order valence-corrected chi connectivity index (χ4v) is 1.79. The van der Waals surface area contributed by atoms with Crippen LogP contribution in [0.4, 0.5) is 11.4 Å². The number of morpholine rings is 1. The predicted molar refractivity (Wildman–Crippen MR) is 60.8 cm³/mol. The highest BCUT2D eigenvalue weighted by Crippen LogP contribution is 2.24. The highest BCUT2D eigenvalue weighted by molar-refractivity contribution is 5.60. The van der Waals surface area contributed by atoms with Crippen molar-refractivity contribution in [2.75, 3.05) is 31.2 Å². The average Bonchev–Trinajstić information content (AvgIpc) is 2.39. The van der Waals surface area contributed by atoms with Crippen LogP contribution in [0.3, 0.4) is 0 Å². The van der Waals surface area contributed by atoms with E-state index >= 15 is 0 Å². The molecule has 0 bridgehead atoms. The first-order chi connectivity index (χ1) is 8.22. The maximum atomic E-state index is 10.7. The third-order valence-corrected chi connectivity index (χ3v) is 2.67. The molecule has 0 spiro atoms. The van der Waals surface area contributed by atoms with Gasteiger partial charge in [-0.3, -0.25) is 10.1 Å². The molecular formula is C11H11N3O3. The van der Waals surface area contributed by atoms with Gasteiger partial charge >= 0.3 is 0 Å². The van der Waals surface area contributed by atoms with E-state index in [0.717, 1.165) is 18.8 Å². The van der Waals surface area contributed by atoms with Crippen LogP contribution in [0.25, 0.3) is 0 Å². The van der Waals surface area contributed by atoms with Crippen LogP contribution < -0.4 is 4.90 Å². The van der Waals surface area contributed by atoms with E-state index in [4.69, 9.17) is 10.00 Å². The van der Waals surface area contributed by atoms with Crippen LogP contribution in [0, 0.1) is 21.4 Å². The number of nitro benzene ring substituents is 1. The zero-order valence-electron chi connectivity index (χ0n) is 9.13. The van der Waals surface area contributed by atoms with Gasteiger partial charge in [0.1, 0.15) is 11.6 Å². The number of nitriles is 1. The number of anilines is 1. The minimum Gasteiger partial charge on any atom is -0.378 e. The Balaban J connectivity index is 2.31. The molecule has 1 aromatic rings. The van der Waals surface area contributed by atoms with Crippen LogP contribution in [0.15, 0.2) is 18.2 Å². The SMILES string of the molecule is N#Cc1cc(N2CCOCC2)ccc1[N+](=O)[O-]. The summed E-state index contributed by atoms with van der Waals surface area (Å²) in [4.78, 5) is 12.2. The molecule has 0 amide bonds. The van der Waals surface area contributed by atoms with Gasteiger partial charge in [-0.25, -0.2) is 0 Å². The van der Waals surface area contributed by atoms with Crippen LogP contribution in [-0.2, 0) is 4.74 Å². The Kier molecular flexibility index (Phi) is 3.21. The van der Waals surface area contributed by atoms with Gasteiger partial charge in [0.2, 0.25) is 0 Å². The van der Waals surface area contributed by atoms with Gasteiger partial charge in [0.25, 0.3) is 5.69 Å². The van der Waals surface area contributed by atoms with Gasteiger partial charge in [0.05, 0.1) is 18.1 Å². The molecule has 1 saturated heterocycles. The molecule has 1 aromatic carbocycles. The number of nitro groups is 1. The van der Waals surface area contributed by atoms with Gasteiger partial charge in [-0.05, 0) is 12.1 Å². The third-order valence-electron chi connectivity index (χ3n) is 2.67. The van der Waals surface area contributed by atoms with Gasteiger partial charge < -0.3 is 9.64 Å². The monoisotopic (exact) mass is 233 g/mol. The van der Waals surface area contributed by atoms with Crippen molar-refractivity contribution >= 4 is 11.4 Å². The Bertz CT molecular complexity index is 475. The number of ether oxygens (including phenoxy) is 1. The van der Waals surface area contributed by atoms with Crippen LogP contribution in [0.5, 0.6) is 0 Å². The van der Waals surface area contributed by atoms with Crippen molar-refractivity contribution < 1.29 is 9.66 Å². The molecule has 0 aromatic heterocycles. The zero-order valence-corrected chi connectivity index (χ0v) is 9.13. The number of hydrogen-bond acceptors (Lipinski definition) is 5. The second-order valence-electron chi connectivity index (χ2n) is 3.67. The molecule has 88 valence electrons. The lowest BCUT2D eigenvalue weighted by molar-refractivity contribution is -0.385. The molecule has 0 N–H and O–H groups in total. The Morgan fingerprint density at radius 3 is 2.71 bits per heavy atom. The molecule has 0 aliphatic carbocycles. The summed E-state index contributed by atoms with van der Waals surface area (Å²) in [6.07, 6.45) is 0. The molecule has 1 fully saturated rings. The number of nitrogens with zero attached hydrogens (tertiary/aromatic N) is 3. The van der Waals surface area contributed by atoms with E-state index in [1.54, 1.807) is 12.1 Å². The van der Waals surface area contributed by atoms with Gasteiger partial charge in [-0.15, -0.1) is 0 Å². The first kappa shape index (κ1) is 11.4. The quantitative estimate of drug-likeness (QED) is 0.568. The molecule has 1 heterocycles. The van der Waals surface area contributed by atoms with E-state index in [-0.39, 0.29) is 11.3 Å². The lowest BCUT2D eigenvalue weighted by Gasteiger charge is -2.28. The van der Waals surface area contributed by atoms with Crippen molar-refractivity contribution in [2.45, 2.75) is 0 Å². The third kappa shape index (κ3) is 2.34. The first-order valence-corrected chi connectivity index (χ1v) is 5.23. The molecule has 1 aliphatic rings. The number of benzene rings is 1. The molecule has 0 atom stereocenters. The van der Waals surface area contributed by atoms with Crippen molar-refractivity contribution in [3.8, 4) is 6.07 Å². The van der Waals surface area contributed by atoms with Gasteiger partial charge in [-0.2, -0.15) is 5.26 Å². The van der Waals surface area contributed by atoms with E-state index in [1.165, 1.54) is 6.07 Å². The fourth-order valence-electron chi connectivity index (χ4n) is 1.79. The maximum Gasteiger partial charge on any atom is 0.287 e. The van der Waals surface area contributed by atoms with Gasteiger partial charge in [0.15, 0.2) is 0 Å². The van der Waals surface area contributed by atoms with Crippen LogP contribution in [0.2, 0.25) is 0 Å². The maximum absolute atomic E-state index is 10.7. The van der Waals surface area contributed by atoms with Crippen LogP contribution in [-0.4, -0.2) is 31.2 Å². The molecule has 6 nitrogen and oxygen atoms in total. The van der Waals surface area contributed by atoms with E-state index in [1.807, 2.05) is 11.0 Å². The van der Waals surface area contributed by atoms with Crippen molar-refractivity contribution in [1.29, 1.82) is 5.26 Å². The van der Waals surface area contributed by atoms with Gasteiger partial charge in [-0.1, -0.05) is 0 Å². The molecular weight excluding hydrogens is 222 g/mol. The molecule has 2 rings (SSSR count). The summed E-state index contributed by atoms with van der Waals surface area (Å²) in [6, 6.07) is 6.47. The van der Waals surface area contributed by atoms with E-state index < -0.39 is 4.92 Å². The van der Waals surface area contributed by atoms with Crippen molar-refractivity contribution in [3.63, 3.8) is 0 Å². The highest BCUT2D eigenvalue weighted by atomic mass is 16.6. The molecule has 6 heteroatoms. The minimum atomic E-state index is -0.540. The van der Waals surface area contributed by atoms with E-state index in [2.05, 4.69) is 0 Å². The molecule has 17 heavy (non-hydrogen) atoms. The Morgan fingerprint density at radius 2 is 2.12 bits per heavy atom. The molecule has 0 radical (unpaired) electrons. The van der Waals surface area contributed by atoms with Crippen molar-refractivity contribution in [2.24, 2.45) is 0 Å². The summed E-state index contributed by atoms with van der Waals surface area (Å²) in [7, 11) is 0. The summed E-state index contributed by atoms with van der Waals surface area (Å²) in [6.45, 7) is 2.75. The Labute approximate surface area is 98.2 Å². The second kappa shape index (κ2) is 4.80. The molecule has 1 aliphatic heterocycles. The Hall–Kier alpha value is -2.13. The zero-order chi connectivity index (χ0) is 12.3. The highest BCUT2D eigenvalue weighted by Gasteiger charge is 2.17. The van der Waals surface area contributed by atoms with Crippen molar-refractivity contribution in [3.05, 3.63) is 33.9 Å². The normalized spacial score (nSPS) is 15.4. The second-order valence-corrected chi connectivity index (χ2v) is 3.67. The minimum absolute atomic E-state index is 0.0963. The number of hydrogen-bond donors (Lipinski definition) is 0. The van der Waals surface area contributed by atoms with E-state index in [9.17, 15) is 10.1 Å². The van der Waals surface area contributed by atoms with Crippen LogP contribution in [0.1, 0.15) is 5.56 Å². The molecule has 0 unspecified atom stereocenters. The summed E-state index contributed by atoms with van der Waals surface area (Å²) >= 11 is 0. The summed E-state index contributed by atoms with van der Waals surface area (Å²) in [5.74, 6) is 0. The fraction of sp³-hybridized carbons (Fsp3) is 0.364. The van der Waals surface area contributed by atoms with Crippen LogP contribution >= 0.6 is 0 Å². The van der Waals surface area contributed by atoms with E-state index in [0.29, 0.717) is 13.2 Å². The summed E-state index contributed by atoms with van der Waals surface area (Å²) in [5, 5.41) is 19.6. The standard InChI is InChI=1S/C11H11N3O3/c12-8-9-7-10(1-2-11(9)14(15)16)13-3-5-17-6-4-13/h1-2,7H,3-6H2. The topological polar surface area (TPSA) is 79.4 Å². The predicted octanol–water partition coefficient (Wildman–Crippen LogP) is 1.30. The molecule has 0 saturated carbocycles. The lowest BCUT2D eigenvalue weighted by Crippen LogP contribution is -2.36. The summed E-state index contributed by atoms with van der Waals surface area (Å²) < 4.78 is 5.22. The summed E-state index contributed by atoms with van der Waals surface area (Å²) in [5.41, 5.74) is 0.777. The average molecular weight is 233 g/mol. The first-order valence-electron chi connectivity index (χ1n) is 5.23. The lowest BCUT2D eigenvalue weighted by atomic mass is 10.1. The van der Waals surface area contributed by atoms with Gasteiger partial charge in [0, 0.05) is 24.8 Å².